The van der Waals surface area contributed by atoms with Crippen LogP contribution < -0.4 is 4.90 Å². The number of para-hydroxylation sites is 2. The van der Waals surface area contributed by atoms with Crippen molar-refractivity contribution >= 4 is 46.6 Å². The van der Waals surface area contributed by atoms with Gasteiger partial charge in [0.15, 0.2) is 10.8 Å². The number of hydrazone groups is 1. The van der Waals surface area contributed by atoms with E-state index in [2.05, 4.69) is 10.1 Å². The summed E-state index contributed by atoms with van der Waals surface area (Å²) in [6.07, 6.45) is 1.70. The summed E-state index contributed by atoms with van der Waals surface area (Å²) in [5.41, 5.74) is 2.48. The fraction of sp³-hybridized carbons (Fsp3) is 0. The molecule has 0 spiro atoms. The van der Waals surface area contributed by atoms with Gasteiger partial charge in [0.1, 0.15) is 0 Å². The molecule has 0 aromatic heterocycles. The first-order chi connectivity index (χ1) is 13.7. The van der Waals surface area contributed by atoms with Crippen molar-refractivity contribution in [1.29, 1.82) is 5.41 Å². The van der Waals surface area contributed by atoms with Crippen molar-refractivity contribution in [3.63, 3.8) is 0 Å². The van der Waals surface area contributed by atoms with Crippen LogP contribution in [0.4, 0.5) is 11.4 Å². The van der Waals surface area contributed by atoms with Crippen molar-refractivity contribution < 1.29 is 0 Å². The largest absolute Gasteiger partial charge is 0.267 e. The Balaban J connectivity index is 1.76. The van der Waals surface area contributed by atoms with Crippen molar-refractivity contribution in [2.24, 2.45) is 10.1 Å². The van der Waals surface area contributed by atoms with Crippen LogP contribution in [0.15, 0.2) is 101 Å². The smallest absolute Gasteiger partial charge is 0.231 e. The third-order valence-electron chi connectivity index (χ3n) is 4.13. The summed E-state index contributed by atoms with van der Waals surface area (Å²) in [7, 11) is 0. The maximum atomic E-state index is 8.66. The van der Waals surface area contributed by atoms with E-state index in [1.165, 1.54) is 5.01 Å². The number of anilines is 1. The van der Waals surface area contributed by atoms with Gasteiger partial charge in [-0.2, -0.15) is 10.1 Å². The summed E-state index contributed by atoms with van der Waals surface area (Å²) >= 11 is 5.67. The molecule has 6 heteroatoms. The number of nitrogens with one attached hydrogen (secondary N) is 1. The van der Waals surface area contributed by atoms with Crippen LogP contribution >= 0.6 is 12.2 Å². The standard InChI is InChI=1S/C22H17N5S/c23-22-26(19-14-8-3-9-15-19)21(28)20(25-18-12-6-2-7-13-18)27(22)24-16-17-10-4-1-5-11-17/h1-16,23H. The topological polar surface area (TPSA) is 55.1 Å². The van der Waals surface area contributed by atoms with Gasteiger partial charge in [-0.3, -0.25) is 10.3 Å². The Bertz CT molecular complexity index is 1050. The van der Waals surface area contributed by atoms with E-state index >= 15 is 0 Å². The van der Waals surface area contributed by atoms with Crippen LogP contribution in [0.2, 0.25) is 0 Å². The third kappa shape index (κ3) is 3.58. The van der Waals surface area contributed by atoms with E-state index in [1.54, 1.807) is 11.1 Å². The number of aliphatic imine (C=N–C) groups is 1. The highest BCUT2D eigenvalue weighted by Gasteiger charge is 2.38. The average Bonchev–Trinajstić information content (AvgIpc) is 2.98. The lowest BCUT2D eigenvalue weighted by atomic mass is 10.2. The lowest BCUT2D eigenvalue weighted by Gasteiger charge is -2.16. The summed E-state index contributed by atoms with van der Waals surface area (Å²) in [5.74, 6) is 0.584. The Labute approximate surface area is 168 Å². The maximum absolute atomic E-state index is 8.66. The molecular formula is C22H17N5S. The van der Waals surface area contributed by atoms with Crippen LogP contribution in [0.1, 0.15) is 5.56 Å². The fourth-order valence-electron chi connectivity index (χ4n) is 2.79. The average molecular weight is 383 g/mol. The second kappa shape index (κ2) is 7.94. The number of thiocarbonyl (C=S) groups is 1. The van der Waals surface area contributed by atoms with Crippen molar-refractivity contribution in [2.45, 2.75) is 0 Å². The van der Waals surface area contributed by atoms with Gasteiger partial charge in [-0.1, -0.05) is 78.9 Å². The van der Waals surface area contributed by atoms with Crippen LogP contribution in [-0.2, 0) is 0 Å². The third-order valence-corrected chi connectivity index (χ3v) is 4.50. The molecule has 0 radical (unpaired) electrons. The zero-order valence-electron chi connectivity index (χ0n) is 14.9. The molecule has 1 saturated heterocycles. The molecule has 1 aliphatic heterocycles. The van der Waals surface area contributed by atoms with E-state index in [1.807, 2.05) is 91.0 Å². The van der Waals surface area contributed by atoms with Crippen LogP contribution in [0, 0.1) is 5.41 Å². The minimum Gasteiger partial charge on any atom is -0.267 e. The van der Waals surface area contributed by atoms with Crippen LogP contribution in [-0.4, -0.2) is 28.0 Å². The van der Waals surface area contributed by atoms with Gasteiger partial charge in [0.2, 0.25) is 5.96 Å². The predicted octanol–water partition coefficient (Wildman–Crippen LogP) is 4.84. The molecule has 1 fully saturated rings. The molecule has 1 aliphatic rings. The van der Waals surface area contributed by atoms with E-state index in [0.717, 1.165) is 16.9 Å². The number of rotatable bonds is 4. The Kier molecular flexibility index (Phi) is 5.03. The molecule has 0 atom stereocenters. The predicted molar refractivity (Wildman–Crippen MR) is 119 cm³/mol. The highest BCUT2D eigenvalue weighted by molar-refractivity contribution is 7.82. The first kappa shape index (κ1) is 17.8. The summed E-state index contributed by atoms with van der Waals surface area (Å²) in [6, 6.07) is 28.8. The van der Waals surface area contributed by atoms with Gasteiger partial charge in [-0.05, 0) is 29.8 Å². The van der Waals surface area contributed by atoms with Gasteiger partial charge < -0.3 is 0 Å². The molecule has 1 N–H and O–H groups in total. The van der Waals surface area contributed by atoms with E-state index in [4.69, 9.17) is 17.6 Å². The highest BCUT2D eigenvalue weighted by atomic mass is 32.1. The number of benzene rings is 3. The number of nitrogens with zero attached hydrogens (tertiary/aromatic N) is 4. The van der Waals surface area contributed by atoms with E-state index in [-0.39, 0.29) is 5.96 Å². The minimum atomic E-state index is 0.137. The molecule has 0 amide bonds. The summed E-state index contributed by atoms with van der Waals surface area (Å²) in [6.45, 7) is 0. The van der Waals surface area contributed by atoms with Crippen LogP contribution in [0.5, 0.6) is 0 Å². The maximum Gasteiger partial charge on any atom is 0.231 e. The molecule has 0 aliphatic carbocycles. The molecule has 0 unspecified atom stereocenters. The normalized spacial score (nSPS) is 15.8. The second-order valence-electron chi connectivity index (χ2n) is 6.04. The van der Waals surface area contributed by atoms with Gasteiger partial charge in [0.25, 0.3) is 0 Å². The zero-order valence-corrected chi connectivity index (χ0v) is 15.8. The first-order valence-electron chi connectivity index (χ1n) is 8.75. The molecule has 3 aromatic carbocycles. The molecule has 1 heterocycles. The zero-order chi connectivity index (χ0) is 19.3. The summed E-state index contributed by atoms with van der Waals surface area (Å²) < 4.78 is 0. The minimum absolute atomic E-state index is 0.137. The number of amidine groups is 1. The van der Waals surface area contributed by atoms with E-state index < -0.39 is 0 Å². The van der Waals surface area contributed by atoms with Crippen molar-refractivity contribution in [1.82, 2.24) is 5.01 Å². The Morgan fingerprint density at radius 3 is 2.00 bits per heavy atom. The lowest BCUT2D eigenvalue weighted by molar-refractivity contribution is 0.671. The molecule has 136 valence electrons. The molecule has 5 nitrogen and oxygen atoms in total. The molecule has 0 bridgehead atoms. The van der Waals surface area contributed by atoms with E-state index in [9.17, 15) is 0 Å². The molecule has 28 heavy (non-hydrogen) atoms. The SMILES string of the molecule is N=C1N(N=Cc2ccccc2)C(=Nc2ccccc2)C(=S)N1c1ccccc1. The van der Waals surface area contributed by atoms with Gasteiger partial charge in [-0.25, -0.2) is 4.99 Å². The highest BCUT2D eigenvalue weighted by Crippen LogP contribution is 2.25. The fourth-order valence-corrected chi connectivity index (χ4v) is 3.12. The Morgan fingerprint density at radius 1 is 0.786 bits per heavy atom. The van der Waals surface area contributed by atoms with Gasteiger partial charge in [-0.15, -0.1) is 0 Å². The van der Waals surface area contributed by atoms with Crippen molar-refractivity contribution in [3.8, 4) is 0 Å². The number of guanidine groups is 1. The Morgan fingerprint density at radius 2 is 1.36 bits per heavy atom. The van der Waals surface area contributed by atoms with Gasteiger partial charge in [0, 0.05) is 0 Å². The van der Waals surface area contributed by atoms with E-state index in [0.29, 0.717) is 10.8 Å². The summed E-state index contributed by atoms with van der Waals surface area (Å²) in [4.78, 5) is 6.77. The second-order valence-corrected chi connectivity index (χ2v) is 6.42. The van der Waals surface area contributed by atoms with Crippen LogP contribution in [0.25, 0.3) is 0 Å². The van der Waals surface area contributed by atoms with Gasteiger partial charge in [0.05, 0.1) is 17.6 Å². The van der Waals surface area contributed by atoms with Crippen LogP contribution in [0.3, 0.4) is 0 Å². The van der Waals surface area contributed by atoms with Crippen molar-refractivity contribution in [2.75, 3.05) is 4.90 Å². The molecular weight excluding hydrogens is 366 g/mol. The Hall–Kier alpha value is -3.64. The monoisotopic (exact) mass is 383 g/mol. The van der Waals surface area contributed by atoms with Crippen molar-refractivity contribution in [3.05, 3.63) is 96.6 Å². The summed E-state index contributed by atoms with van der Waals surface area (Å²) in [5, 5.41) is 14.6. The molecule has 0 saturated carbocycles. The number of hydrogen-bond acceptors (Lipinski definition) is 4. The molecule has 4 rings (SSSR count). The molecule has 3 aromatic rings. The lowest BCUT2D eigenvalue weighted by Crippen LogP contribution is -2.31. The van der Waals surface area contributed by atoms with Gasteiger partial charge >= 0.3 is 0 Å². The quantitative estimate of drug-likeness (QED) is 0.518. The first-order valence-corrected chi connectivity index (χ1v) is 9.16. The number of hydrogen-bond donors (Lipinski definition) is 1.